The second-order valence-corrected chi connectivity index (χ2v) is 5.82. The van der Waals surface area contributed by atoms with Crippen LogP contribution in [0.3, 0.4) is 0 Å². The van der Waals surface area contributed by atoms with Gasteiger partial charge in [-0.05, 0) is 46.2 Å². The Morgan fingerprint density at radius 3 is 2.43 bits per heavy atom. The first-order valence-corrected chi connectivity index (χ1v) is 6.88. The number of anilines is 1. The van der Waals surface area contributed by atoms with Crippen LogP contribution < -0.4 is 10.1 Å². The third-order valence-electron chi connectivity index (χ3n) is 2.72. The highest BCUT2D eigenvalue weighted by atomic mass is 16.6. The molecule has 1 rings (SSSR count). The number of nitrogens with one attached hydrogen (secondary N) is 1. The van der Waals surface area contributed by atoms with Crippen LogP contribution in [0.15, 0.2) is 18.2 Å². The number of carbonyl (C=O) groups is 2. The molecule has 0 saturated heterocycles. The van der Waals surface area contributed by atoms with E-state index in [1.165, 1.54) is 6.92 Å². The molecule has 1 N–H and O–H groups in total. The van der Waals surface area contributed by atoms with Gasteiger partial charge in [0.1, 0.15) is 17.1 Å². The Hall–Kier alpha value is -2.04. The predicted octanol–water partition coefficient (Wildman–Crippen LogP) is 3.56. The van der Waals surface area contributed by atoms with Crippen LogP contribution in [-0.4, -0.2) is 24.6 Å². The van der Waals surface area contributed by atoms with Gasteiger partial charge < -0.3 is 14.3 Å². The number of amides is 1. The van der Waals surface area contributed by atoms with Crippen molar-refractivity contribution >= 4 is 17.6 Å². The minimum atomic E-state index is -0.567. The van der Waals surface area contributed by atoms with Gasteiger partial charge in [-0.15, -0.1) is 0 Å². The third kappa shape index (κ3) is 5.85. The molecule has 0 aliphatic rings. The molecular weight excluding hydrogens is 270 g/mol. The molecule has 0 saturated carbocycles. The van der Waals surface area contributed by atoms with Crippen molar-refractivity contribution in [3.8, 4) is 5.75 Å². The molecule has 0 radical (unpaired) electrons. The molecule has 0 spiro atoms. The predicted molar refractivity (Wildman–Crippen MR) is 81.9 cm³/mol. The Morgan fingerprint density at radius 1 is 1.24 bits per heavy atom. The van der Waals surface area contributed by atoms with Crippen LogP contribution in [0.1, 0.15) is 39.7 Å². The maximum atomic E-state index is 11.9. The second kappa shape index (κ2) is 7.11. The molecule has 0 aliphatic carbocycles. The van der Waals surface area contributed by atoms with Gasteiger partial charge in [-0.25, -0.2) is 4.79 Å². The molecule has 0 fully saturated rings. The molecule has 5 nitrogen and oxygen atoms in total. The fourth-order valence-corrected chi connectivity index (χ4v) is 1.85. The van der Waals surface area contributed by atoms with Gasteiger partial charge in [0.15, 0.2) is 0 Å². The Balaban J connectivity index is 2.94. The quantitative estimate of drug-likeness (QED) is 0.901. The maximum Gasteiger partial charge on any atom is 0.412 e. The van der Waals surface area contributed by atoms with E-state index in [1.54, 1.807) is 46.1 Å². The number of Topliss-reactive ketones (excluding diaryl/α,β-unsaturated/α-hetero) is 1. The van der Waals surface area contributed by atoms with Crippen LogP contribution in [0.2, 0.25) is 0 Å². The van der Waals surface area contributed by atoms with Gasteiger partial charge in [0.05, 0.1) is 12.8 Å². The summed E-state index contributed by atoms with van der Waals surface area (Å²) in [4.78, 5) is 23.1. The highest BCUT2D eigenvalue weighted by molar-refractivity contribution is 5.87. The van der Waals surface area contributed by atoms with E-state index >= 15 is 0 Å². The van der Waals surface area contributed by atoms with Gasteiger partial charge in [-0.1, -0.05) is 6.07 Å². The first-order chi connectivity index (χ1) is 9.73. The zero-order valence-corrected chi connectivity index (χ0v) is 13.3. The lowest BCUT2D eigenvalue weighted by Gasteiger charge is -2.21. The fraction of sp³-hybridized carbons (Fsp3) is 0.500. The topological polar surface area (TPSA) is 64.6 Å². The number of hydrogen-bond donors (Lipinski definition) is 1. The summed E-state index contributed by atoms with van der Waals surface area (Å²) < 4.78 is 10.5. The maximum absolute atomic E-state index is 11.9. The van der Waals surface area contributed by atoms with Crippen molar-refractivity contribution in [2.45, 2.75) is 46.1 Å². The average Bonchev–Trinajstić information content (AvgIpc) is 2.34. The lowest BCUT2D eigenvalue weighted by molar-refractivity contribution is -0.116. The zero-order chi connectivity index (χ0) is 16.0. The second-order valence-electron chi connectivity index (χ2n) is 5.82. The lowest BCUT2D eigenvalue weighted by Crippen LogP contribution is -2.27. The van der Waals surface area contributed by atoms with Crippen LogP contribution >= 0.6 is 0 Å². The highest BCUT2D eigenvalue weighted by Crippen LogP contribution is 2.28. The summed E-state index contributed by atoms with van der Waals surface area (Å²) in [5, 5.41) is 2.71. The molecule has 21 heavy (non-hydrogen) atoms. The highest BCUT2D eigenvalue weighted by Gasteiger charge is 2.18. The molecule has 0 aromatic heterocycles. The molecule has 1 aromatic carbocycles. The SMILES string of the molecule is COc1cccc(NC(=O)OC(C)(C)C)c1CCC(C)=O. The Morgan fingerprint density at radius 2 is 1.90 bits per heavy atom. The number of ether oxygens (including phenoxy) is 2. The van der Waals surface area contributed by atoms with E-state index in [-0.39, 0.29) is 5.78 Å². The first kappa shape index (κ1) is 17.0. The summed E-state index contributed by atoms with van der Waals surface area (Å²) in [6.07, 6.45) is 0.369. The first-order valence-electron chi connectivity index (χ1n) is 6.88. The summed E-state index contributed by atoms with van der Waals surface area (Å²) in [6.45, 7) is 6.94. The van der Waals surface area contributed by atoms with Crippen molar-refractivity contribution in [2.24, 2.45) is 0 Å². The molecular formula is C16H23NO4. The van der Waals surface area contributed by atoms with Gasteiger partial charge in [-0.3, -0.25) is 5.32 Å². The largest absolute Gasteiger partial charge is 0.496 e. The van der Waals surface area contributed by atoms with E-state index in [9.17, 15) is 9.59 Å². The van der Waals surface area contributed by atoms with E-state index < -0.39 is 11.7 Å². The van der Waals surface area contributed by atoms with Gasteiger partial charge in [-0.2, -0.15) is 0 Å². The smallest absolute Gasteiger partial charge is 0.412 e. The van der Waals surface area contributed by atoms with Crippen molar-refractivity contribution in [3.05, 3.63) is 23.8 Å². The van der Waals surface area contributed by atoms with Gasteiger partial charge in [0.2, 0.25) is 0 Å². The minimum absolute atomic E-state index is 0.0872. The molecule has 0 heterocycles. The van der Waals surface area contributed by atoms with E-state index in [0.29, 0.717) is 24.3 Å². The lowest BCUT2D eigenvalue weighted by atomic mass is 10.0. The molecule has 0 aliphatic heterocycles. The third-order valence-corrected chi connectivity index (χ3v) is 2.72. The number of benzene rings is 1. The number of ketones is 1. The van der Waals surface area contributed by atoms with Crippen LogP contribution in [-0.2, 0) is 16.0 Å². The number of rotatable bonds is 5. The van der Waals surface area contributed by atoms with Crippen LogP contribution in [0.4, 0.5) is 10.5 Å². The van der Waals surface area contributed by atoms with Gasteiger partial charge in [0.25, 0.3) is 0 Å². The molecule has 1 amide bonds. The molecule has 0 bridgehead atoms. The van der Waals surface area contributed by atoms with Crippen molar-refractivity contribution in [3.63, 3.8) is 0 Å². The van der Waals surface area contributed by atoms with Crippen LogP contribution in [0.5, 0.6) is 5.75 Å². The van der Waals surface area contributed by atoms with Crippen LogP contribution in [0.25, 0.3) is 0 Å². The van der Waals surface area contributed by atoms with Crippen molar-refractivity contribution in [1.82, 2.24) is 0 Å². The van der Waals surface area contributed by atoms with E-state index in [1.807, 2.05) is 0 Å². The molecule has 0 atom stereocenters. The van der Waals surface area contributed by atoms with Crippen molar-refractivity contribution < 1.29 is 19.1 Å². The van der Waals surface area contributed by atoms with E-state index in [4.69, 9.17) is 9.47 Å². The number of carbonyl (C=O) groups excluding carboxylic acids is 2. The normalized spacial score (nSPS) is 10.9. The van der Waals surface area contributed by atoms with Gasteiger partial charge >= 0.3 is 6.09 Å². The summed E-state index contributed by atoms with van der Waals surface area (Å²) in [5.41, 5.74) is 0.827. The van der Waals surface area contributed by atoms with Crippen molar-refractivity contribution in [1.29, 1.82) is 0 Å². The summed E-state index contributed by atoms with van der Waals surface area (Å²) in [6, 6.07) is 5.35. The van der Waals surface area contributed by atoms with E-state index in [2.05, 4.69) is 5.32 Å². The molecule has 5 heteroatoms. The monoisotopic (exact) mass is 293 g/mol. The Labute approximate surface area is 125 Å². The van der Waals surface area contributed by atoms with Crippen LogP contribution in [0, 0.1) is 0 Å². The number of methoxy groups -OCH3 is 1. The Kier molecular flexibility index (Phi) is 5.76. The Bertz CT molecular complexity index is 517. The molecule has 116 valence electrons. The molecule has 1 aromatic rings. The standard InChI is InChI=1S/C16H23NO4/c1-11(18)9-10-12-13(7-6-8-14(12)20-5)17-15(19)21-16(2,3)4/h6-8H,9-10H2,1-5H3,(H,17,19). The average molecular weight is 293 g/mol. The zero-order valence-electron chi connectivity index (χ0n) is 13.3. The summed E-state index contributed by atoms with van der Waals surface area (Å²) >= 11 is 0. The number of hydrogen-bond acceptors (Lipinski definition) is 4. The minimum Gasteiger partial charge on any atom is -0.496 e. The molecule has 0 unspecified atom stereocenters. The summed E-state index contributed by atoms with van der Waals surface area (Å²) in [5.74, 6) is 0.730. The van der Waals surface area contributed by atoms with E-state index in [0.717, 1.165) is 5.56 Å². The van der Waals surface area contributed by atoms with Crippen molar-refractivity contribution in [2.75, 3.05) is 12.4 Å². The van der Waals surface area contributed by atoms with Gasteiger partial charge in [0, 0.05) is 12.0 Å². The summed E-state index contributed by atoms with van der Waals surface area (Å²) in [7, 11) is 1.56. The fourth-order valence-electron chi connectivity index (χ4n) is 1.85.